The first-order valence-electron chi connectivity index (χ1n) is 7.58. The normalized spacial score (nSPS) is 15.0. The zero-order chi connectivity index (χ0) is 13.9. The van der Waals surface area contributed by atoms with Gasteiger partial charge in [0.15, 0.2) is 0 Å². The molecule has 0 aliphatic heterocycles. The lowest BCUT2D eigenvalue weighted by atomic mass is 9.85. The third kappa shape index (κ3) is 8.90. The summed E-state index contributed by atoms with van der Waals surface area (Å²) in [5.74, 6) is 0. The third-order valence-corrected chi connectivity index (χ3v) is 3.50. The Balaban J connectivity index is 3.97. The molecule has 0 radical (unpaired) electrons. The SMILES string of the molecule is CCCC(C)(CNCC)CN(C)CCCCCO. The fourth-order valence-corrected chi connectivity index (χ4v) is 2.65. The summed E-state index contributed by atoms with van der Waals surface area (Å²) in [6.45, 7) is 11.6. The average molecular weight is 258 g/mol. The minimum atomic E-state index is 0.331. The van der Waals surface area contributed by atoms with Crippen LogP contribution in [0.1, 0.15) is 52.9 Å². The van der Waals surface area contributed by atoms with E-state index in [9.17, 15) is 0 Å². The molecule has 0 aromatic rings. The zero-order valence-electron chi connectivity index (χ0n) is 13.0. The molecule has 3 heteroatoms. The molecule has 18 heavy (non-hydrogen) atoms. The van der Waals surface area contributed by atoms with Gasteiger partial charge in [-0.1, -0.05) is 27.2 Å². The van der Waals surface area contributed by atoms with Crippen molar-refractivity contribution >= 4 is 0 Å². The summed E-state index contributed by atoms with van der Waals surface area (Å²) < 4.78 is 0. The molecule has 0 aliphatic rings. The van der Waals surface area contributed by atoms with Crippen molar-refractivity contribution in [2.75, 3.05) is 39.8 Å². The Morgan fingerprint density at radius 3 is 2.44 bits per heavy atom. The van der Waals surface area contributed by atoms with Gasteiger partial charge in [-0.3, -0.25) is 0 Å². The van der Waals surface area contributed by atoms with Gasteiger partial charge in [0.05, 0.1) is 0 Å². The largest absolute Gasteiger partial charge is 0.396 e. The second kappa shape index (κ2) is 10.8. The van der Waals surface area contributed by atoms with E-state index in [2.05, 4.69) is 38.0 Å². The maximum atomic E-state index is 8.76. The highest BCUT2D eigenvalue weighted by Crippen LogP contribution is 2.23. The Morgan fingerprint density at radius 1 is 1.17 bits per heavy atom. The molecule has 0 rings (SSSR count). The molecule has 3 nitrogen and oxygen atoms in total. The molecule has 0 saturated carbocycles. The van der Waals surface area contributed by atoms with Crippen molar-refractivity contribution in [2.24, 2.45) is 5.41 Å². The fraction of sp³-hybridized carbons (Fsp3) is 1.00. The molecule has 0 aromatic heterocycles. The van der Waals surface area contributed by atoms with Crippen LogP contribution < -0.4 is 5.32 Å². The van der Waals surface area contributed by atoms with E-state index in [0.717, 1.165) is 39.0 Å². The van der Waals surface area contributed by atoms with Gasteiger partial charge in [-0.05, 0) is 51.2 Å². The van der Waals surface area contributed by atoms with Crippen LogP contribution in [0.4, 0.5) is 0 Å². The van der Waals surface area contributed by atoms with Gasteiger partial charge in [0.1, 0.15) is 0 Å². The van der Waals surface area contributed by atoms with Gasteiger partial charge in [-0.15, -0.1) is 0 Å². The number of aliphatic hydroxyl groups is 1. The van der Waals surface area contributed by atoms with Crippen molar-refractivity contribution in [3.05, 3.63) is 0 Å². The first-order valence-corrected chi connectivity index (χ1v) is 7.58. The molecule has 2 N–H and O–H groups in total. The predicted octanol–water partition coefficient (Wildman–Crippen LogP) is 2.50. The van der Waals surface area contributed by atoms with Crippen molar-refractivity contribution in [2.45, 2.75) is 52.9 Å². The quantitative estimate of drug-likeness (QED) is 0.528. The maximum absolute atomic E-state index is 8.76. The monoisotopic (exact) mass is 258 g/mol. The van der Waals surface area contributed by atoms with Crippen molar-refractivity contribution in [1.29, 1.82) is 0 Å². The molecule has 1 unspecified atom stereocenters. The highest BCUT2D eigenvalue weighted by atomic mass is 16.2. The smallest absolute Gasteiger partial charge is 0.0431 e. The molecule has 0 aromatic carbocycles. The van der Waals surface area contributed by atoms with Crippen LogP contribution in [0.3, 0.4) is 0 Å². The van der Waals surface area contributed by atoms with E-state index in [-0.39, 0.29) is 0 Å². The van der Waals surface area contributed by atoms with Crippen LogP contribution in [0.5, 0.6) is 0 Å². The van der Waals surface area contributed by atoms with Crippen molar-refractivity contribution in [3.8, 4) is 0 Å². The number of rotatable bonds is 12. The second-order valence-corrected chi connectivity index (χ2v) is 5.86. The summed E-state index contributed by atoms with van der Waals surface area (Å²) in [5, 5.41) is 12.3. The van der Waals surface area contributed by atoms with Crippen LogP contribution in [0, 0.1) is 5.41 Å². The predicted molar refractivity (Wildman–Crippen MR) is 80.0 cm³/mol. The van der Waals surface area contributed by atoms with Crippen molar-refractivity contribution < 1.29 is 5.11 Å². The van der Waals surface area contributed by atoms with E-state index < -0.39 is 0 Å². The van der Waals surface area contributed by atoms with E-state index in [1.165, 1.54) is 19.3 Å². The molecule has 0 bridgehead atoms. The number of nitrogens with one attached hydrogen (secondary N) is 1. The standard InChI is InChI=1S/C15H34N2O/c1-5-10-15(3,13-16-6-2)14-17(4)11-8-7-9-12-18/h16,18H,5-14H2,1-4H3. The zero-order valence-corrected chi connectivity index (χ0v) is 13.0. The summed E-state index contributed by atoms with van der Waals surface area (Å²) >= 11 is 0. The Morgan fingerprint density at radius 2 is 1.89 bits per heavy atom. The summed E-state index contributed by atoms with van der Waals surface area (Å²) in [5.41, 5.74) is 0.385. The summed E-state index contributed by atoms with van der Waals surface area (Å²) in [4.78, 5) is 2.45. The summed E-state index contributed by atoms with van der Waals surface area (Å²) in [7, 11) is 2.22. The van der Waals surface area contributed by atoms with Crippen LogP contribution >= 0.6 is 0 Å². The van der Waals surface area contributed by atoms with E-state index in [0.29, 0.717) is 12.0 Å². The van der Waals surface area contributed by atoms with Gasteiger partial charge in [-0.25, -0.2) is 0 Å². The molecule has 0 spiro atoms. The van der Waals surface area contributed by atoms with Gasteiger partial charge in [0.25, 0.3) is 0 Å². The van der Waals surface area contributed by atoms with Gasteiger partial charge in [-0.2, -0.15) is 0 Å². The molecule has 0 fully saturated rings. The van der Waals surface area contributed by atoms with Crippen LogP contribution in [0.15, 0.2) is 0 Å². The lowest BCUT2D eigenvalue weighted by Gasteiger charge is -2.34. The summed E-state index contributed by atoms with van der Waals surface area (Å²) in [6.07, 6.45) is 5.80. The van der Waals surface area contributed by atoms with Gasteiger partial charge >= 0.3 is 0 Å². The van der Waals surface area contributed by atoms with E-state index in [1.807, 2.05) is 0 Å². The minimum Gasteiger partial charge on any atom is -0.396 e. The molecule has 0 aliphatic carbocycles. The van der Waals surface area contributed by atoms with E-state index in [1.54, 1.807) is 0 Å². The molecular weight excluding hydrogens is 224 g/mol. The molecular formula is C15H34N2O. The Hall–Kier alpha value is -0.120. The highest BCUT2D eigenvalue weighted by molar-refractivity contribution is 4.79. The number of aliphatic hydroxyl groups excluding tert-OH is 1. The minimum absolute atomic E-state index is 0.331. The van der Waals surface area contributed by atoms with E-state index in [4.69, 9.17) is 5.11 Å². The average Bonchev–Trinajstić information content (AvgIpc) is 2.32. The van der Waals surface area contributed by atoms with Crippen molar-refractivity contribution in [3.63, 3.8) is 0 Å². The topological polar surface area (TPSA) is 35.5 Å². The molecule has 0 saturated heterocycles. The Bertz CT molecular complexity index is 187. The lowest BCUT2D eigenvalue weighted by molar-refractivity contribution is 0.170. The molecule has 110 valence electrons. The summed E-state index contributed by atoms with van der Waals surface area (Å²) in [6, 6.07) is 0. The van der Waals surface area contributed by atoms with Gasteiger partial charge in [0, 0.05) is 19.7 Å². The van der Waals surface area contributed by atoms with Crippen LogP contribution in [-0.4, -0.2) is 49.8 Å². The molecule has 0 heterocycles. The van der Waals surface area contributed by atoms with Crippen molar-refractivity contribution in [1.82, 2.24) is 10.2 Å². The number of hydrogen-bond acceptors (Lipinski definition) is 3. The third-order valence-electron chi connectivity index (χ3n) is 3.50. The van der Waals surface area contributed by atoms with Gasteiger partial charge < -0.3 is 15.3 Å². The Labute approximate surface area is 114 Å². The molecule has 1 atom stereocenters. The molecule has 0 amide bonds. The lowest BCUT2D eigenvalue weighted by Crippen LogP contribution is -2.41. The van der Waals surface area contributed by atoms with Gasteiger partial charge in [0.2, 0.25) is 0 Å². The van der Waals surface area contributed by atoms with Crippen LogP contribution in [0.25, 0.3) is 0 Å². The van der Waals surface area contributed by atoms with Crippen LogP contribution in [-0.2, 0) is 0 Å². The number of hydrogen-bond donors (Lipinski definition) is 2. The number of unbranched alkanes of at least 4 members (excludes halogenated alkanes) is 2. The highest BCUT2D eigenvalue weighted by Gasteiger charge is 2.24. The first-order chi connectivity index (χ1) is 8.58. The van der Waals surface area contributed by atoms with E-state index >= 15 is 0 Å². The van der Waals surface area contributed by atoms with Crippen LogP contribution in [0.2, 0.25) is 0 Å². The number of nitrogens with zero attached hydrogens (tertiary/aromatic N) is 1. The first kappa shape index (κ1) is 17.9. The second-order valence-electron chi connectivity index (χ2n) is 5.86. The Kier molecular flexibility index (Phi) is 10.7. The maximum Gasteiger partial charge on any atom is 0.0431 e. The fourth-order valence-electron chi connectivity index (χ4n) is 2.65.